The third-order valence-electron chi connectivity index (χ3n) is 4.84. The lowest BCUT2D eigenvalue weighted by molar-refractivity contribution is 0.100. The molecule has 2 aromatic heterocycles. The number of nitrogens with two attached hydrogens (primary N) is 1. The average molecular weight is 377 g/mol. The first-order valence-electron chi connectivity index (χ1n) is 9.40. The normalized spacial score (nSPS) is 13.2. The van der Waals surface area contributed by atoms with Gasteiger partial charge in [-0.3, -0.25) is 9.48 Å². The molecule has 0 aliphatic carbocycles. The van der Waals surface area contributed by atoms with Gasteiger partial charge in [0.2, 0.25) is 5.91 Å². The van der Waals surface area contributed by atoms with Crippen molar-refractivity contribution in [2.45, 2.75) is 33.0 Å². The zero-order valence-corrected chi connectivity index (χ0v) is 15.8. The summed E-state index contributed by atoms with van der Waals surface area (Å²) in [7, 11) is 0. The van der Waals surface area contributed by atoms with Crippen LogP contribution in [-0.2, 0) is 26.1 Å². The lowest BCUT2D eigenvalue weighted by atomic mass is 10.1. The van der Waals surface area contributed by atoms with E-state index in [0.29, 0.717) is 24.5 Å². The lowest BCUT2D eigenvalue weighted by Crippen LogP contribution is -2.26. The Morgan fingerprint density at radius 3 is 2.82 bits per heavy atom. The smallest absolute Gasteiger partial charge is 0.248 e. The molecule has 0 fully saturated rings. The fourth-order valence-electron chi connectivity index (χ4n) is 3.27. The second-order valence-corrected chi connectivity index (χ2v) is 6.75. The van der Waals surface area contributed by atoms with Crippen molar-refractivity contribution in [2.24, 2.45) is 5.73 Å². The number of fused-ring (bicyclic) bond motifs is 1. The van der Waals surface area contributed by atoms with Gasteiger partial charge in [-0.15, -0.1) is 0 Å². The SMILES string of the molecule is CCn1cc(CNc2nc(-c3ccc(C(N)=O)cc3)nc3c2CCNC3)cn1. The third kappa shape index (κ3) is 3.72. The Balaban J connectivity index is 1.64. The maximum Gasteiger partial charge on any atom is 0.248 e. The van der Waals surface area contributed by atoms with Crippen LogP contribution in [0.5, 0.6) is 0 Å². The summed E-state index contributed by atoms with van der Waals surface area (Å²) in [5.41, 5.74) is 9.90. The number of rotatable bonds is 6. The van der Waals surface area contributed by atoms with Crippen LogP contribution in [0.15, 0.2) is 36.7 Å². The summed E-state index contributed by atoms with van der Waals surface area (Å²) in [6.45, 7) is 5.18. The van der Waals surface area contributed by atoms with Crippen LogP contribution >= 0.6 is 0 Å². The van der Waals surface area contributed by atoms with E-state index < -0.39 is 5.91 Å². The van der Waals surface area contributed by atoms with Crippen LogP contribution < -0.4 is 16.4 Å². The van der Waals surface area contributed by atoms with Gasteiger partial charge in [0.05, 0.1) is 11.9 Å². The van der Waals surface area contributed by atoms with Gasteiger partial charge in [-0.1, -0.05) is 12.1 Å². The molecule has 3 heterocycles. The number of aromatic nitrogens is 4. The monoisotopic (exact) mass is 377 g/mol. The molecule has 1 aromatic carbocycles. The Labute approximate surface area is 163 Å². The van der Waals surface area contributed by atoms with Gasteiger partial charge in [0.25, 0.3) is 0 Å². The minimum absolute atomic E-state index is 0.447. The summed E-state index contributed by atoms with van der Waals surface area (Å²) >= 11 is 0. The number of anilines is 1. The van der Waals surface area contributed by atoms with Crippen LogP contribution in [0.3, 0.4) is 0 Å². The highest BCUT2D eigenvalue weighted by molar-refractivity contribution is 5.93. The van der Waals surface area contributed by atoms with Gasteiger partial charge in [0, 0.05) is 48.1 Å². The molecule has 1 aliphatic heterocycles. The fraction of sp³-hybridized carbons (Fsp3) is 0.300. The molecule has 0 unspecified atom stereocenters. The van der Waals surface area contributed by atoms with E-state index >= 15 is 0 Å². The van der Waals surface area contributed by atoms with Gasteiger partial charge in [0.15, 0.2) is 5.82 Å². The number of primary amides is 1. The molecule has 144 valence electrons. The maximum atomic E-state index is 11.3. The molecule has 0 atom stereocenters. The van der Waals surface area contributed by atoms with Crippen LogP contribution in [0.1, 0.15) is 34.1 Å². The van der Waals surface area contributed by atoms with Crippen LogP contribution in [0.25, 0.3) is 11.4 Å². The van der Waals surface area contributed by atoms with Gasteiger partial charge in [-0.25, -0.2) is 9.97 Å². The van der Waals surface area contributed by atoms with Crippen LogP contribution in [0.2, 0.25) is 0 Å². The Morgan fingerprint density at radius 2 is 2.11 bits per heavy atom. The van der Waals surface area contributed by atoms with Crippen molar-refractivity contribution in [1.29, 1.82) is 0 Å². The number of hydrogen-bond donors (Lipinski definition) is 3. The van der Waals surface area contributed by atoms with E-state index in [9.17, 15) is 4.79 Å². The van der Waals surface area contributed by atoms with Crippen molar-refractivity contribution in [3.63, 3.8) is 0 Å². The van der Waals surface area contributed by atoms with Crippen molar-refractivity contribution < 1.29 is 4.79 Å². The molecule has 0 saturated heterocycles. The Kier molecular flexibility index (Phi) is 5.03. The second kappa shape index (κ2) is 7.77. The topological polar surface area (TPSA) is 111 Å². The number of carbonyl (C=O) groups is 1. The van der Waals surface area contributed by atoms with Crippen molar-refractivity contribution in [3.05, 3.63) is 59.0 Å². The number of carbonyl (C=O) groups excluding carboxylic acids is 1. The van der Waals surface area contributed by atoms with E-state index in [4.69, 9.17) is 15.7 Å². The number of aryl methyl sites for hydroxylation is 1. The Bertz CT molecular complexity index is 994. The second-order valence-electron chi connectivity index (χ2n) is 6.75. The van der Waals surface area contributed by atoms with E-state index in [-0.39, 0.29) is 0 Å². The summed E-state index contributed by atoms with van der Waals surface area (Å²) in [4.78, 5) is 20.8. The number of hydrogen-bond acceptors (Lipinski definition) is 6. The van der Waals surface area contributed by atoms with Crippen molar-refractivity contribution in [1.82, 2.24) is 25.1 Å². The van der Waals surface area contributed by atoms with Gasteiger partial charge in [-0.05, 0) is 32.0 Å². The molecule has 0 radical (unpaired) electrons. The summed E-state index contributed by atoms with van der Waals surface area (Å²) in [6, 6.07) is 7.05. The highest BCUT2D eigenvalue weighted by Crippen LogP contribution is 2.25. The highest BCUT2D eigenvalue weighted by atomic mass is 16.1. The summed E-state index contributed by atoms with van der Waals surface area (Å²) in [5.74, 6) is 1.03. The largest absolute Gasteiger partial charge is 0.366 e. The predicted molar refractivity (Wildman–Crippen MR) is 107 cm³/mol. The van der Waals surface area contributed by atoms with Gasteiger partial charge in [0.1, 0.15) is 5.82 Å². The molecule has 1 aliphatic rings. The molecule has 3 aromatic rings. The Morgan fingerprint density at radius 1 is 1.29 bits per heavy atom. The van der Waals surface area contributed by atoms with E-state index in [1.54, 1.807) is 12.1 Å². The number of nitrogens with zero attached hydrogens (tertiary/aromatic N) is 4. The summed E-state index contributed by atoms with van der Waals surface area (Å²) < 4.78 is 1.90. The summed E-state index contributed by atoms with van der Waals surface area (Å²) in [5, 5.41) is 11.1. The summed E-state index contributed by atoms with van der Waals surface area (Å²) in [6.07, 6.45) is 4.79. The number of amides is 1. The molecular weight excluding hydrogens is 354 g/mol. The molecule has 0 spiro atoms. The maximum absolute atomic E-state index is 11.3. The zero-order chi connectivity index (χ0) is 19.5. The van der Waals surface area contributed by atoms with E-state index in [2.05, 4.69) is 22.7 Å². The first-order valence-corrected chi connectivity index (χ1v) is 9.40. The van der Waals surface area contributed by atoms with Gasteiger partial charge < -0.3 is 16.4 Å². The van der Waals surface area contributed by atoms with E-state index in [1.165, 1.54) is 0 Å². The molecule has 8 heteroatoms. The molecule has 0 saturated carbocycles. The van der Waals surface area contributed by atoms with Gasteiger partial charge >= 0.3 is 0 Å². The van der Waals surface area contributed by atoms with Crippen molar-refractivity contribution >= 4 is 11.7 Å². The molecule has 1 amide bonds. The lowest BCUT2D eigenvalue weighted by Gasteiger charge is -2.20. The predicted octanol–water partition coefficient (Wildman–Crippen LogP) is 1.72. The molecule has 4 N–H and O–H groups in total. The fourth-order valence-corrected chi connectivity index (χ4v) is 3.27. The first kappa shape index (κ1) is 18.1. The minimum atomic E-state index is -0.447. The van der Waals surface area contributed by atoms with Crippen LogP contribution in [0.4, 0.5) is 5.82 Å². The van der Waals surface area contributed by atoms with Crippen LogP contribution in [0, 0.1) is 0 Å². The standard InChI is InChI=1S/C20H23N7O/c1-2-27-12-13(10-24-27)9-23-20-16-7-8-22-11-17(16)25-19(26-20)15-5-3-14(4-6-15)18(21)28/h3-6,10,12,22H,2,7-9,11H2,1H3,(H2,21,28)(H,23,25,26). The molecular formula is C20H23N7O. The molecule has 28 heavy (non-hydrogen) atoms. The Hall–Kier alpha value is -3.26. The molecule has 4 rings (SSSR count). The number of benzene rings is 1. The quantitative estimate of drug-likeness (QED) is 0.603. The van der Waals surface area contributed by atoms with E-state index in [1.807, 2.05) is 29.2 Å². The molecule has 8 nitrogen and oxygen atoms in total. The van der Waals surface area contributed by atoms with Crippen molar-refractivity contribution in [2.75, 3.05) is 11.9 Å². The highest BCUT2D eigenvalue weighted by Gasteiger charge is 2.18. The zero-order valence-electron chi connectivity index (χ0n) is 15.8. The van der Waals surface area contributed by atoms with E-state index in [0.717, 1.165) is 47.7 Å². The molecule has 0 bridgehead atoms. The van der Waals surface area contributed by atoms with Crippen LogP contribution in [-0.4, -0.2) is 32.2 Å². The number of nitrogens with one attached hydrogen (secondary N) is 2. The minimum Gasteiger partial charge on any atom is -0.366 e. The average Bonchev–Trinajstić information content (AvgIpc) is 3.20. The third-order valence-corrected chi connectivity index (χ3v) is 4.84. The van der Waals surface area contributed by atoms with Gasteiger partial charge in [-0.2, -0.15) is 5.10 Å². The first-order chi connectivity index (χ1) is 13.6. The van der Waals surface area contributed by atoms with Crippen molar-refractivity contribution in [3.8, 4) is 11.4 Å².